The first kappa shape index (κ1) is 18.5. The van der Waals surface area contributed by atoms with E-state index >= 15 is 0 Å². The van der Waals surface area contributed by atoms with Crippen LogP contribution < -0.4 is 5.32 Å². The second-order valence-electron chi connectivity index (χ2n) is 6.06. The summed E-state index contributed by atoms with van der Waals surface area (Å²) in [6, 6.07) is 10.7. The van der Waals surface area contributed by atoms with Gasteiger partial charge in [-0.3, -0.25) is 4.79 Å². The van der Waals surface area contributed by atoms with Crippen LogP contribution in [-0.4, -0.2) is 39.5 Å². The smallest absolute Gasteiger partial charge is 0.255 e. The van der Waals surface area contributed by atoms with E-state index in [9.17, 15) is 26.0 Å². The number of hydrogen-bond acceptors (Lipinski definition) is 5. The number of nitrogens with one attached hydrogen (secondary N) is 1. The van der Waals surface area contributed by atoms with Gasteiger partial charge in [0.15, 0.2) is 19.7 Å². The Morgan fingerprint density at radius 2 is 1.85 bits per heavy atom. The van der Waals surface area contributed by atoms with Crippen molar-refractivity contribution in [2.75, 3.05) is 16.8 Å². The molecule has 138 valence electrons. The third-order valence-electron chi connectivity index (χ3n) is 4.14. The van der Waals surface area contributed by atoms with Gasteiger partial charge in [-0.1, -0.05) is 12.1 Å². The van der Waals surface area contributed by atoms with Crippen molar-refractivity contribution >= 4 is 31.3 Å². The summed E-state index contributed by atoms with van der Waals surface area (Å²) in [5, 5.41) is 1.49. The molecule has 0 unspecified atom stereocenters. The lowest BCUT2D eigenvalue weighted by Gasteiger charge is -2.11. The fraction of sp³-hybridized carbons (Fsp3) is 0.235. The molecule has 1 saturated heterocycles. The van der Waals surface area contributed by atoms with Gasteiger partial charge in [-0.15, -0.1) is 0 Å². The lowest BCUT2D eigenvalue weighted by Crippen LogP contribution is -2.23. The quantitative estimate of drug-likeness (QED) is 0.851. The number of carbonyl (C=O) groups is 1. The largest absolute Gasteiger partial charge is 0.322 e. The second-order valence-corrected chi connectivity index (χ2v) is 10.5. The van der Waals surface area contributed by atoms with Crippen LogP contribution in [0.4, 0.5) is 10.1 Å². The number of carbonyl (C=O) groups excluding carboxylic acids is 1. The molecule has 0 aromatic heterocycles. The molecule has 1 heterocycles. The normalized spacial score (nSPS) is 19.2. The predicted octanol–water partition coefficient (Wildman–Crippen LogP) is 2.04. The molecule has 6 nitrogen and oxygen atoms in total. The Bertz CT molecular complexity index is 1060. The van der Waals surface area contributed by atoms with Crippen LogP contribution >= 0.6 is 0 Å². The van der Waals surface area contributed by atoms with Gasteiger partial charge < -0.3 is 5.32 Å². The molecule has 3 rings (SSSR count). The summed E-state index contributed by atoms with van der Waals surface area (Å²) < 4.78 is 61.6. The molecule has 9 heteroatoms. The van der Waals surface area contributed by atoms with Gasteiger partial charge in [0.1, 0.15) is 5.82 Å². The van der Waals surface area contributed by atoms with Crippen molar-refractivity contribution in [2.45, 2.75) is 16.6 Å². The summed E-state index contributed by atoms with van der Waals surface area (Å²) in [5.41, 5.74) is 0.321. The van der Waals surface area contributed by atoms with Gasteiger partial charge in [0.2, 0.25) is 0 Å². The van der Waals surface area contributed by atoms with Crippen LogP contribution in [0.25, 0.3) is 0 Å². The van der Waals surface area contributed by atoms with Gasteiger partial charge in [0, 0.05) is 11.3 Å². The zero-order valence-corrected chi connectivity index (χ0v) is 15.2. The highest BCUT2D eigenvalue weighted by Gasteiger charge is 2.38. The number of rotatable bonds is 4. The van der Waals surface area contributed by atoms with Crippen LogP contribution in [0.5, 0.6) is 0 Å². The molecule has 26 heavy (non-hydrogen) atoms. The third kappa shape index (κ3) is 3.94. The first-order valence-corrected chi connectivity index (χ1v) is 11.2. The molecule has 1 amide bonds. The maximum absolute atomic E-state index is 13.2. The summed E-state index contributed by atoms with van der Waals surface area (Å²) in [4.78, 5) is 12.2. The number of anilines is 1. The first-order chi connectivity index (χ1) is 12.2. The Morgan fingerprint density at radius 1 is 1.12 bits per heavy atom. The van der Waals surface area contributed by atoms with Gasteiger partial charge >= 0.3 is 0 Å². The monoisotopic (exact) mass is 397 g/mol. The van der Waals surface area contributed by atoms with Crippen molar-refractivity contribution in [1.82, 2.24) is 0 Å². The van der Waals surface area contributed by atoms with Crippen molar-refractivity contribution in [1.29, 1.82) is 0 Å². The zero-order valence-electron chi connectivity index (χ0n) is 13.6. The minimum Gasteiger partial charge on any atom is -0.322 e. The first-order valence-electron chi connectivity index (χ1n) is 7.79. The predicted molar refractivity (Wildman–Crippen MR) is 95.0 cm³/mol. The van der Waals surface area contributed by atoms with Gasteiger partial charge in [-0.25, -0.2) is 21.2 Å². The van der Waals surface area contributed by atoms with Crippen LogP contribution in [0.15, 0.2) is 53.4 Å². The van der Waals surface area contributed by atoms with Crippen LogP contribution in [0, 0.1) is 5.82 Å². The summed E-state index contributed by atoms with van der Waals surface area (Å²) in [6.07, 6.45) is 0.0460. The van der Waals surface area contributed by atoms with E-state index in [0.29, 0.717) is 0 Å². The lowest BCUT2D eigenvalue weighted by molar-refractivity contribution is 0.102. The summed E-state index contributed by atoms with van der Waals surface area (Å²) in [7, 11) is -7.22. The Labute approximate surface area is 150 Å². The van der Waals surface area contributed by atoms with Gasteiger partial charge in [0.25, 0.3) is 5.91 Å². The van der Waals surface area contributed by atoms with Crippen LogP contribution in [-0.2, 0) is 19.7 Å². The Kier molecular flexibility index (Phi) is 4.85. The standard InChI is InChI=1S/C17H16FNO5S2/c18-13-4-2-5-14(10-13)19-17(20)12-3-1-6-15(9-12)26(23,24)16-7-8-25(21,22)11-16/h1-6,9-10,16H,7-8,11H2,(H,19,20)/t16-/m1/s1. The molecule has 1 aliphatic rings. The Hall–Kier alpha value is -2.26. The molecular weight excluding hydrogens is 381 g/mol. The number of benzene rings is 2. The molecule has 1 fully saturated rings. The second kappa shape index (κ2) is 6.81. The minimum absolute atomic E-state index is 0.0460. The molecular formula is C17H16FNO5S2. The van der Waals surface area contributed by atoms with Gasteiger partial charge in [-0.2, -0.15) is 0 Å². The molecule has 0 aliphatic carbocycles. The van der Waals surface area contributed by atoms with E-state index < -0.39 is 42.4 Å². The molecule has 1 atom stereocenters. The van der Waals surface area contributed by atoms with E-state index in [1.54, 1.807) is 0 Å². The van der Waals surface area contributed by atoms with E-state index in [0.717, 1.165) is 6.07 Å². The Morgan fingerprint density at radius 3 is 2.50 bits per heavy atom. The van der Waals surface area contributed by atoms with E-state index in [4.69, 9.17) is 0 Å². The highest BCUT2D eigenvalue weighted by Crippen LogP contribution is 2.26. The molecule has 0 radical (unpaired) electrons. The van der Waals surface area contributed by atoms with E-state index in [2.05, 4.69) is 5.32 Å². The van der Waals surface area contributed by atoms with Crippen molar-refractivity contribution in [3.05, 3.63) is 59.9 Å². The van der Waals surface area contributed by atoms with Crippen LogP contribution in [0.2, 0.25) is 0 Å². The molecule has 1 aliphatic heterocycles. The molecule has 0 spiro atoms. The van der Waals surface area contributed by atoms with Crippen molar-refractivity contribution in [2.24, 2.45) is 0 Å². The topological polar surface area (TPSA) is 97.4 Å². The van der Waals surface area contributed by atoms with E-state index in [1.807, 2.05) is 0 Å². The molecule has 1 N–H and O–H groups in total. The summed E-state index contributed by atoms with van der Waals surface area (Å²) in [5.74, 6) is -1.67. The summed E-state index contributed by atoms with van der Waals surface area (Å²) >= 11 is 0. The average Bonchev–Trinajstić information content (AvgIpc) is 2.96. The molecule has 0 saturated carbocycles. The highest BCUT2D eigenvalue weighted by molar-refractivity contribution is 7.96. The van der Waals surface area contributed by atoms with Crippen LogP contribution in [0.1, 0.15) is 16.8 Å². The number of halogens is 1. The number of hydrogen-bond donors (Lipinski definition) is 1. The van der Waals surface area contributed by atoms with E-state index in [1.165, 1.54) is 42.5 Å². The molecule has 2 aromatic rings. The maximum Gasteiger partial charge on any atom is 0.255 e. The average molecular weight is 397 g/mol. The minimum atomic E-state index is -3.86. The van der Waals surface area contributed by atoms with Crippen molar-refractivity contribution in [3.63, 3.8) is 0 Å². The fourth-order valence-electron chi connectivity index (χ4n) is 2.78. The third-order valence-corrected chi connectivity index (χ3v) is 8.31. The van der Waals surface area contributed by atoms with Crippen molar-refractivity contribution in [3.8, 4) is 0 Å². The van der Waals surface area contributed by atoms with Gasteiger partial charge in [0.05, 0.1) is 21.7 Å². The SMILES string of the molecule is O=C(Nc1cccc(F)c1)c1cccc(S(=O)(=O)[C@@H]2CCS(=O)(=O)C2)c1. The number of sulfone groups is 2. The number of amides is 1. The summed E-state index contributed by atoms with van der Waals surface area (Å²) in [6.45, 7) is 0. The van der Waals surface area contributed by atoms with Gasteiger partial charge in [-0.05, 0) is 42.8 Å². The van der Waals surface area contributed by atoms with Crippen molar-refractivity contribution < 1.29 is 26.0 Å². The highest BCUT2D eigenvalue weighted by atomic mass is 32.2. The maximum atomic E-state index is 13.2. The lowest BCUT2D eigenvalue weighted by atomic mass is 10.2. The zero-order chi connectivity index (χ0) is 18.9. The molecule has 0 bridgehead atoms. The van der Waals surface area contributed by atoms with E-state index in [-0.39, 0.29) is 28.3 Å². The Balaban J connectivity index is 1.85. The van der Waals surface area contributed by atoms with Crippen LogP contribution in [0.3, 0.4) is 0 Å². The molecule has 2 aromatic carbocycles. The fourth-order valence-corrected chi connectivity index (χ4v) is 7.19.